The fourth-order valence-electron chi connectivity index (χ4n) is 4.99. The van der Waals surface area contributed by atoms with Gasteiger partial charge in [0.15, 0.2) is 5.69 Å². The van der Waals surface area contributed by atoms with Gasteiger partial charge < -0.3 is 9.32 Å². The van der Waals surface area contributed by atoms with E-state index in [1.165, 1.54) is 31.2 Å². The molecule has 3 aromatic rings. The molecule has 2 fully saturated rings. The van der Waals surface area contributed by atoms with Crippen molar-refractivity contribution in [3.63, 3.8) is 0 Å². The Hall–Kier alpha value is -2.89. The van der Waals surface area contributed by atoms with Crippen LogP contribution in [0.15, 0.2) is 47.1 Å². The molecule has 144 valence electrons. The zero-order chi connectivity index (χ0) is 19.3. The number of carbonyl (C=O) groups excluding carboxylic acids is 1. The second-order valence-electron chi connectivity index (χ2n) is 8.14. The summed E-state index contributed by atoms with van der Waals surface area (Å²) in [6, 6.07) is 10.5. The van der Waals surface area contributed by atoms with Crippen molar-refractivity contribution < 1.29 is 9.21 Å². The van der Waals surface area contributed by atoms with Gasteiger partial charge in [0.2, 0.25) is 5.89 Å². The Morgan fingerprint density at radius 2 is 1.96 bits per heavy atom. The van der Waals surface area contributed by atoms with E-state index in [-0.39, 0.29) is 17.4 Å². The zero-order valence-corrected chi connectivity index (χ0v) is 16.3. The third-order valence-corrected chi connectivity index (χ3v) is 6.30. The predicted molar refractivity (Wildman–Crippen MR) is 105 cm³/mol. The number of carbonyl (C=O) groups is 1. The molecule has 28 heavy (non-hydrogen) atoms. The average Bonchev–Trinajstić information content (AvgIpc) is 3.41. The number of nitrogens with zero attached hydrogens (tertiary/aromatic N) is 4. The van der Waals surface area contributed by atoms with E-state index < -0.39 is 0 Å². The molecule has 1 saturated carbocycles. The maximum Gasteiger partial charge on any atom is 0.276 e. The maximum absolute atomic E-state index is 13.4. The van der Waals surface area contributed by atoms with Crippen molar-refractivity contribution in [1.29, 1.82) is 0 Å². The molecule has 1 aliphatic carbocycles. The highest BCUT2D eigenvalue weighted by atomic mass is 16.4. The van der Waals surface area contributed by atoms with Gasteiger partial charge in [0, 0.05) is 25.2 Å². The highest BCUT2D eigenvalue weighted by molar-refractivity contribution is 5.94. The Kier molecular flexibility index (Phi) is 3.89. The molecule has 6 nitrogen and oxygen atoms in total. The minimum absolute atomic E-state index is 0.0391. The van der Waals surface area contributed by atoms with Crippen LogP contribution in [0.5, 0.6) is 0 Å². The van der Waals surface area contributed by atoms with Gasteiger partial charge in [0.1, 0.15) is 5.76 Å². The molecule has 2 aromatic heterocycles. The van der Waals surface area contributed by atoms with Crippen LogP contribution < -0.4 is 0 Å². The van der Waals surface area contributed by atoms with Crippen LogP contribution in [0.3, 0.4) is 0 Å². The van der Waals surface area contributed by atoms with E-state index in [0.29, 0.717) is 17.3 Å². The van der Waals surface area contributed by atoms with Crippen LogP contribution in [0.25, 0.3) is 11.5 Å². The monoisotopic (exact) mass is 376 g/mol. The van der Waals surface area contributed by atoms with Crippen molar-refractivity contribution in [3.05, 3.63) is 59.7 Å². The van der Waals surface area contributed by atoms with Gasteiger partial charge in [-0.05, 0) is 25.3 Å². The molecule has 0 bridgehead atoms. The van der Waals surface area contributed by atoms with Crippen molar-refractivity contribution >= 4 is 5.91 Å². The van der Waals surface area contributed by atoms with Crippen molar-refractivity contribution in [1.82, 2.24) is 19.7 Å². The van der Waals surface area contributed by atoms with Gasteiger partial charge in [0.25, 0.3) is 5.91 Å². The second-order valence-corrected chi connectivity index (χ2v) is 8.14. The van der Waals surface area contributed by atoms with Crippen LogP contribution in [0, 0.1) is 12.3 Å². The normalized spacial score (nSPS) is 20.5. The van der Waals surface area contributed by atoms with Gasteiger partial charge in [0.05, 0.1) is 17.8 Å². The molecule has 5 rings (SSSR count). The molecule has 0 unspecified atom stereocenters. The van der Waals surface area contributed by atoms with Gasteiger partial charge in [-0.2, -0.15) is 5.10 Å². The Morgan fingerprint density at radius 1 is 1.21 bits per heavy atom. The van der Waals surface area contributed by atoms with Gasteiger partial charge in [-0.25, -0.2) is 4.98 Å². The number of hydrogen-bond donors (Lipinski definition) is 0. The summed E-state index contributed by atoms with van der Waals surface area (Å²) in [6.45, 7) is 2.61. The van der Waals surface area contributed by atoms with Gasteiger partial charge in [-0.15, -0.1) is 0 Å². The van der Waals surface area contributed by atoms with Crippen LogP contribution in [-0.2, 0) is 7.05 Å². The fourth-order valence-corrected chi connectivity index (χ4v) is 4.99. The van der Waals surface area contributed by atoms with E-state index in [4.69, 9.17) is 4.42 Å². The standard InChI is InChI=1S/C22H24N4O2/c1-15-18(24-20(28-15)17-12-23-25(2)13-17)21(27)26-14-22(10-6-7-11-22)19(26)16-8-4-3-5-9-16/h3-5,8-9,12-13,19H,6-7,10-11,14H2,1-2H3/t19-/m0/s1. The second kappa shape index (κ2) is 6.33. The molecule has 1 aromatic carbocycles. The summed E-state index contributed by atoms with van der Waals surface area (Å²) < 4.78 is 7.50. The minimum atomic E-state index is -0.0391. The van der Waals surface area contributed by atoms with Crippen molar-refractivity contribution in [2.45, 2.75) is 38.6 Å². The fraction of sp³-hybridized carbons (Fsp3) is 0.409. The van der Waals surface area contributed by atoms with Crippen molar-refractivity contribution in [3.8, 4) is 11.5 Å². The minimum Gasteiger partial charge on any atom is -0.440 e. The Balaban J connectivity index is 1.47. The number of oxazole rings is 1. The van der Waals surface area contributed by atoms with E-state index in [9.17, 15) is 4.79 Å². The summed E-state index contributed by atoms with van der Waals surface area (Å²) in [5.74, 6) is 0.965. The van der Waals surface area contributed by atoms with Crippen LogP contribution in [0.4, 0.5) is 0 Å². The number of aromatic nitrogens is 3. The van der Waals surface area contributed by atoms with Crippen LogP contribution in [0.2, 0.25) is 0 Å². The lowest BCUT2D eigenvalue weighted by molar-refractivity contribution is -0.0514. The first-order valence-electron chi connectivity index (χ1n) is 9.90. The molecule has 6 heteroatoms. The summed E-state index contributed by atoms with van der Waals surface area (Å²) in [5, 5.41) is 4.16. The Bertz CT molecular complexity index is 1010. The average molecular weight is 376 g/mol. The molecule has 0 radical (unpaired) electrons. The van der Waals surface area contributed by atoms with Crippen LogP contribution >= 0.6 is 0 Å². The lowest BCUT2D eigenvalue weighted by Crippen LogP contribution is -2.59. The quantitative estimate of drug-likeness (QED) is 0.689. The smallest absolute Gasteiger partial charge is 0.276 e. The maximum atomic E-state index is 13.4. The molecular weight excluding hydrogens is 352 g/mol. The molecule has 2 aliphatic rings. The Labute approximate surface area is 164 Å². The van der Waals surface area contributed by atoms with Crippen molar-refractivity contribution in [2.75, 3.05) is 6.54 Å². The summed E-state index contributed by atoms with van der Waals surface area (Å²) >= 11 is 0. The number of aryl methyl sites for hydroxylation is 2. The van der Waals surface area contributed by atoms with Gasteiger partial charge in [-0.1, -0.05) is 43.2 Å². The summed E-state index contributed by atoms with van der Waals surface area (Å²) in [7, 11) is 1.84. The SMILES string of the molecule is Cc1oc(-c2cnn(C)c2)nc1C(=O)N1CC2(CCCC2)[C@@H]1c1ccccc1. The predicted octanol–water partition coefficient (Wildman–Crippen LogP) is 4.14. The highest BCUT2D eigenvalue weighted by Crippen LogP contribution is 2.58. The molecule has 1 amide bonds. The molecular formula is C22H24N4O2. The largest absolute Gasteiger partial charge is 0.440 e. The lowest BCUT2D eigenvalue weighted by atomic mass is 9.67. The number of amides is 1. The number of rotatable bonds is 3. The topological polar surface area (TPSA) is 64.2 Å². The van der Waals surface area contributed by atoms with E-state index in [1.807, 2.05) is 31.1 Å². The van der Waals surface area contributed by atoms with Crippen LogP contribution in [-0.4, -0.2) is 32.1 Å². The number of likely N-dealkylation sites (tertiary alicyclic amines) is 1. The first-order chi connectivity index (χ1) is 13.6. The highest BCUT2D eigenvalue weighted by Gasteiger charge is 2.56. The third kappa shape index (κ3) is 2.58. The number of hydrogen-bond acceptors (Lipinski definition) is 4. The van der Waals surface area contributed by atoms with Gasteiger partial charge >= 0.3 is 0 Å². The molecule has 1 saturated heterocycles. The first-order valence-corrected chi connectivity index (χ1v) is 9.90. The summed E-state index contributed by atoms with van der Waals surface area (Å²) in [4.78, 5) is 19.9. The van der Waals surface area contributed by atoms with Crippen LogP contribution in [0.1, 0.15) is 53.5 Å². The van der Waals surface area contributed by atoms with E-state index in [1.54, 1.807) is 10.9 Å². The Morgan fingerprint density at radius 3 is 2.64 bits per heavy atom. The molecule has 1 atom stereocenters. The summed E-state index contributed by atoms with van der Waals surface area (Å²) in [6.07, 6.45) is 8.41. The molecule has 1 aliphatic heterocycles. The zero-order valence-electron chi connectivity index (χ0n) is 16.3. The third-order valence-electron chi connectivity index (χ3n) is 6.30. The van der Waals surface area contributed by atoms with E-state index in [0.717, 1.165) is 12.1 Å². The van der Waals surface area contributed by atoms with Gasteiger partial charge in [-0.3, -0.25) is 9.48 Å². The molecule has 1 spiro atoms. The first kappa shape index (κ1) is 17.2. The van der Waals surface area contributed by atoms with E-state index in [2.05, 4.69) is 34.3 Å². The molecule has 0 N–H and O–H groups in total. The summed E-state index contributed by atoms with van der Waals surface area (Å²) in [5.41, 5.74) is 2.63. The molecule has 3 heterocycles. The van der Waals surface area contributed by atoms with Crippen molar-refractivity contribution in [2.24, 2.45) is 12.5 Å². The lowest BCUT2D eigenvalue weighted by Gasteiger charge is -2.56. The van der Waals surface area contributed by atoms with E-state index >= 15 is 0 Å². The number of benzene rings is 1.